The van der Waals surface area contributed by atoms with E-state index in [1.54, 1.807) is 7.11 Å². The van der Waals surface area contributed by atoms with Crippen molar-refractivity contribution in [3.8, 4) is 0 Å². The molecule has 3 rings (SSSR count). The molecule has 1 aromatic carbocycles. The number of rotatable bonds is 7. The van der Waals surface area contributed by atoms with Crippen molar-refractivity contribution in [1.82, 2.24) is 10.2 Å². The highest BCUT2D eigenvalue weighted by atomic mass is 16.5. The van der Waals surface area contributed by atoms with Crippen molar-refractivity contribution >= 4 is 17.4 Å². The monoisotopic (exact) mass is 372 g/mol. The topological polar surface area (TPSA) is 67.9 Å². The van der Waals surface area contributed by atoms with Gasteiger partial charge in [0.25, 0.3) is 5.91 Å². The Kier molecular flexibility index (Phi) is 6.50. The zero-order chi connectivity index (χ0) is 19.2. The van der Waals surface area contributed by atoms with Crippen molar-refractivity contribution in [2.75, 3.05) is 33.9 Å². The zero-order valence-electron chi connectivity index (χ0n) is 16.1. The highest BCUT2D eigenvalue weighted by molar-refractivity contribution is 6.22. The quantitative estimate of drug-likeness (QED) is 0.743. The number of esters is 1. The standard InChI is InChI=1S/C21H28N2O4/c1-26-18-14-23(17-10-12-22-13-11-17)21(25)20(18)16-8-6-15(7-9-16)4-3-5-19(24)27-2/h6-9,17,22H,3-5,10-14H2,1-2H3. The second-order valence-corrected chi connectivity index (χ2v) is 7.04. The number of aryl methyl sites for hydroxylation is 1. The number of nitrogens with zero attached hydrogens (tertiary/aromatic N) is 1. The summed E-state index contributed by atoms with van der Waals surface area (Å²) in [6, 6.07) is 8.27. The Morgan fingerprint density at radius 2 is 1.89 bits per heavy atom. The maximum atomic E-state index is 13.1. The first-order valence-electron chi connectivity index (χ1n) is 9.59. The van der Waals surface area contributed by atoms with Gasteiger partial charge in [0.05, 0.1) is 26.3 Å². The summed E-state index contributed by atoms with van der Waals surface area (Å²) >= 11 is 0. The van der Waals surface area contributed by atoms with Gasteiger partial charge in [0.2, 0.25) is 0 Å². The molecule has 27 heavy (non-hydrogen) atoms. The lowest BCUT2D eigenvalue weighted by atomic mass is 10.0. The molecule has 2 aliphatic rings. The lowest BCUT2D eigenvalue weighted by molar-refractivity contribution is -0.140. The molecule has 1 amide bonds. The van der Waals surface area contributed by atoms with E-state index in [1.807, 2.05) is 29.2 Å². The summed E-state index contributed by atoms with van der Waals surface area (Å²) in [4.78, 5) is 26.2. The average Bonchev–Trinajstić information content (AvgIpc) is 3.05. The van der Waals surface area contributed by atoms with Crippen molar-refractivity contribution < 1.29 is 19.1 Å². The van der Waals surface area contributed by atoms with Gasteiger partial charge in [0, 0.05) is 12.5 Å². The fraction of sp³-hybridized carbons (Fsp3) is 0.524. The number of amides is 1. The van der Waals surface area contributed by atoms with Crippen LogP contribution < -0.4 is 5.32 Å². The van der Waals surface area contributed by atoms with Crippen molar-refractivity contribution in [1.29, 1.82) is 0 Å². The van der Waals surface area contributed by atoms with Gasteiger partial charge in [-0.05, 0) is 49.9 Å². The smallest absolute Gasteiger partial charge is 0.305 e. The molecule has 2 heterocycles. The predicted molar refractivity (Wildman–Crippen MR) is 103 cm³/mol. The Morgan fingerprint density at radius 1 is 1.19 bits per heavy atom. The third-order valence-corrected chi connectivity index (χ3v) is 5.38. The number of hydrogen-bond acceptors (Lipinski definition) is 5. The molecule has 0 aliphatic carbocycles. The number of hydrogen-bond donors (Lipinski definition) is 1. The number of carbonyl (C=O) groups excluding carboxylic acids is 2. The van der Waals surface area contributed by atoms with Gasteiger partial charge in [-0.15, -0.1) is 0 Å². The first-order chi connectivity index (χ1) is 13.1. The molecule has 0 unspecified atom stereocenters. The molecule has 6 heteroatoms. The first kappa shape index (κ1) is 19.4. The molecule has 1 aromatic rings. The lowest BCUT2D eigenvalue weighted by Gasteiger charge is -2.31. The van der Waals surface area contributed by atoms with Crippen LogP contribution in [0, 0.1) is 0 Å². The van der Waals surface area contributed by atoms with Crippen molar-refractivity contribution in [3.05, 3.63) is 41.2 Å². The van der Waals surface area contributed by atoms with E-state index in [-0.39, 0.29) is 17.9 Å². The van der Waals surface area contributed by atoms with Gasteiger partial charge in [-0.1, -0.05) is 24.3 Å². The van der Waals surface area contributed by atoms with Gasteiger partial charge in [-0.2, -0.15) is 0 Å². The first-order valence-corrected chi connectivity index (χ1v) is 9.59. The fourth-order valence-electron chi connectivity index (χ4n) is 3.81. The molecule has 0 radical (unpaired) electrons. The highest BCUT2D eigenvalue weighted by Gasteiger charge is 2.36. The Balaban J connectivity index is 1.68. The molecule has 1 saturated heterocycles. The van der Waals surface area contributed by atoms with Crippen LogP contribution in [0.25, 0.3) is 5.57 Å². The normalized spacial score (nSPS) is 18.1. The minimum Gasteiger partial charge on any atom is -0.498 e. The number of piperidine rings is 1. The van der Waals surface area contributed by atoms with Gasteiger partial charge in [-0.25, -0.2) is 0 Å². The predicted octanol–water partition coefficient (Wildman–Crippen LogP) is 2.13. The lowest BCUT2D eigenvalue weighted by Crippen LogP contribution is -2.44. The van der Waals surface area contributed by atoms with E-state index in [1.165, 1.54) is 7.11 Å². The fourth-order valence-corrected chi connectivity index (χ4v) is 3.81. The molecule has 1 fully saturated rings. The van der Waals surface area contributed by atoms with Gasteiger partial charge < -0.3 is 19.7 Å². The van der Waals surface area contributed by atoms with Crippen LogP contribution in [0.5, 0.6) is 0 Å². The van der Waals surface area contributed by atoms with Crippen LogP contribution in [0.2, 0.25) is 0 Å². The van der Waals surface area contributed by atoms with E-state index < -0.39 is 0 Å². The van der Waals surface area contributed by atoms with Crippen LogP contribution in [0.3, 0.4) is 0 Å². The number of methoxy groups -OCH3 is 2. The number of nitrogens with one attached hydrogen (secondary N) is 1. The van der Waals surface area contributed by atoms with Crippen LogP contribution in [-0.4, -0.2) is 56.7 Å². The van der Waals surface area contributed by atoms with Crippen molar-refractivity contribution in [2.45, 2.75) is 38.1 Å². The second kappa shape index (κ2) is 9.04. The average molecular weight is 372 g/mol. The third kappa shape index (κ3) is 4.50. The summed E-state index contributed by atoms with van der Waals surface area (Å²) in [5, 5.41) is 3.34. The van der Waals surface area contributed by atoms with Crippen LogP contribution in [-0.2, 0) is 25.5 Å². The number of ether oxygens (including phenoxy) is 2. The molecule has 0 aromatic heterocycles. The van der Waals surface area contributed by atoms with Gasteiger partial charge in [0.1, 0.15) is 5.76 Å². The van der Waals surface area contributed by atoms with E-state index in [0.717, 1.165) is 55.7 Å². The molecule has 0 spiro atoms. The minimum atomic E-state index is -0.184. The van der Waals surface area contributed by atoms with Gasteiger partial charge >= 0.3 is 5.97 Å². The molecule has 0 atom stereocenters. The van der Waals surface area contributed by atoms with Crippen molar-refractivity contribution in [2.24, 2.45) is 0 Å². The van der Waals surface area contributed by atoms with E-state index in [9.17, 15) is 9.59 Å². The molecular weight excluding hydrogens is 344 g/mol. The summed E-state index contributed by atoms with van der Waals surface area (Å²) in [5.74, 6) is 0.630. The van der Waals surface area contributed by atoms with E-state index in [0.29, 0.717) is 18.5 Å². The van der Waals surface area contributed by atoms with Gasteiger partial charge in [0.15, 0.2) is 0 Å². The minimum absolute atomic E-state index is 0.0668. The Hall–Kier alpha value is -2.34. The second-order valence-electron chi connectivity index (χ2n) is 7.04. The molecular formula is C21H28N2O4. The van der Waals surface area contributed by atoms with Crippen LogP contribution in [0.1, 0.15) is 36.8 Å². The molecule has 2 aliphatic heterocycles. The van der Waals surface area contributed by atoms with E-state index in [2.05, 4.69) is 10.1 Å². The SMILES string of the molecule is COC(=O)CCCc1ccc(C2=C(OC)CN(C3CCNCC3)C2=O)cc1. The maximum absolute atomic E-state index is 13.1. The Bertz CT molecular complexity index is 705. The van der Waals surface area contributed by atoms with Crippen LogP contribution >= 0.6 is 0 Å². The van der Waals surface area contributed by atoms with Crippen LogP contribution in [0.4, 0.5) is 0 Å². The molecule has 6 nitrogen and oxygen atoms in total. The Labute approximate surface area is 160 Å². The van der Waals surface area contributed by atoms with E-state index in [4.69, 9.17) is 4.74 Å². The van der Waals surface area contributed by atoms with E-state index >= 15 is 0 Å². The molecule has 0 saturated carbocycles. The molecule has 146 valence electrons. The Morgan fingerprint density at radius 3 is 2.52 bits per heavy atom. The van der Waals surface area contributed by atoms with Crippen molar-refractivity contribution in [3.63, 3.8) is 0 Å². The maximum Gasteiger partial charge on any atom is 0.305 e. The molecule has 0 bridgehead atoms. The summed E-state index contributed by atoms with van der Waals surface area (Å²) in [7, 11) is 3.04. The molecule has 1 N–H and O–H groups in total. The highest BCUT2D eigenvalue weighted by Crippen LogP contribution is 2.32. The summed E-state index contributed by atoms with van der Waals surface area (Å²) in [6.45, 7) is 2.45. The summed E-state index contributed by atoms with van der Waals surface area (Å²) < 4.78 is 10.2. The third-order valence-electron chi connectivity index (χ3n) is 5.38. The zero-order valence-corrected chi connectivity index (χ0v) is 16.1. The summed E-state index contributed by atoms with van der Waals surface area (Å²) in [6.07, 6.45) is 3.94. The largest absolute Gasteiger partial charge is 0.498 e. The summed E-state index contributed by atoms with van der Waals surface area (Å²) in [5.41, 5.74) is 2.71. The van der Waals surface area contributed by atoms with Gasteiger partial charge in [-0.3, -0.25) is 9.59 Å². The van der Waals surface area contributed by atoms with Crippen LogP contribution in [0.15, 0.2) is 30.0 Å². The number of benzene rings is 1. The number of carbonyl (C=O) groups is 2.